The van der Waals surface area contributed by atoms with Crippen molar-refractivity contribution in [1.29, 1.82) is 0 Å². The highest BCUT2D eigenvalue weighted by Crippen LogP contribution is 1.90. The van der Waals surface area contributed by atoms with Crippen LogP contribution in [0.4, 0.5) is 0 Å². The van der Waals surface area contributed by atoms with Gasteiger partial charge < -0.3 is 9.84 Å². The highest BCUT2D eigenvalue weighted by atomic mass is 16.5. The van der Waals surface area contributed by atoms with E-state index in [9.17, 15) is 0 Å². The molecule has 0 saturated carbocycles. The molecule has 0 rings (SSSR count). The molecule has 60 valence electrons. The van der Waals surface area contributed by atoms with Gasteiger partial charge in [0.15, 0.2) is 0 Å². The van der Waals surface area contributed by atoms with Crippen molar-refractivity contribution in [2.45, 2.75) is 25.9 Å². The van der Waals surface area contributed by atoms with Crippen LogP contribution in [0.1, 0.15) is 19.8 Å². The molecule has 0 aromatic carbocycles. The van der Waals surface area contributed by atoms with Gasteiger partial charge in [-0.3, -0.25) is 0 Å². The summed E-state index contributed by atoms with van der Waals surface area (Å²) in [5.74, 6) is 0. The average Bonchev–Trinajstić information content (AvgIpc) is 1.98. The van der Waals surface area contributed by atoms with E-state index < -0.39 is 6.10 Å². The number of aliphatic hydroxyl groups excluding tert-OH is 1. The number of unbranched alkanes of at least 4 members (excludes halogenated alkanes) is 1. The van der Waals surface area contributed by atoms with Gasteiger partial charge >= 0.3 is 0 Å². The van der Waals surface area contributed by atoms with E-state index in [-0.39, 0.29) is 0 Å². The number of aliphatic hydroxyl groups is 1. The quantitative estimate of drug-likeness (QED) is 0.450. The molecule has 1 N–H and O–H groups in total. The van der Waals surface area contributed by atoms with Crippen LogP contribution in [-0.2, 0) is 4.74 Å². The Labute approximate surface area is 62.5 Å². The zero-order chi connectivity index (χ0) is 7.82. The van der Waals surface area contributed by atoms with Crippen molar-refractivity contribution in [3.05, 3.63) is 12.7 Å². The first-order chi connectivity index (χ1) is 4.81. The summed E-state index contributed by atoms with van der Waals surface area (Å²) in [5.41, 5.74) is 0. The Hall–Kier alpha value is -0.340. The van der Waals surface area contributed by atoms with Gasteiger partial charge in [-0.1, -0.05) is 19.4 Å². The summed E-state index contributed by atoms with van der Waals surface area (Å²) in [5, 5.41) is 8.91. The van der Waals surface area contributed by atoms with Crippen LogP contribution in [0.2, 0.25) is 0 Å². The monoisotopic (exact) mass is 144 g/mol. The van der Waals surface area contributed by atoms with Gasteiger partial charge in [0.1, 0.15) is 0 Å². The van der Waals surface area contributed by atoms with E-state index in [0.29, 0.717) is 6.61 Å². The van der Waals surface area contributed by atoms with Crippen molar-refractivity contribution in [3.8, 4) is 0 Å². The smallest absolute Gasteiger partial charge is 0.0951 e. The van der Waals surface area contributed by atoms with Gasteiger partial charge in [-0.2, -0.15) is 0 Å². The first-order valence-electron chi connectivity index (χ1n) is 3.69. The van der Waals surface area contributed by atoms with Gasteiger partial charge in [-0.15, -0.1) is 6.58 Å². The van der Waals surface area contributed by atoms with Gasteiger partial charge in [-0.05, 0) is 6.42 Å². The summed E-state index contributed by atoms with van der Waals surface area (Å²) in [6.45, 7) is 6.65. The van der Waals surface area contributed by atoms with Crippen molar-refractivity contribution in [1.82, 2.24) is 0 Å². The van der Waals surface area contributed by atoms with E-state index in [2.05, 4.69) is 13.5 Å². The molecule has 0 saturated heterocycles. The Morgan fingerprint density at radius 2 is 2.40 bits per heavy atom. The molecular weight excluding hydrogens is 128 g/mol. The first kappa shape index (κ1) is 9.66. The molecule has 0 amide bonds. The maximum absolute atomic E-state index is 8.91. The minimum atomic E-state index is -0.503. The molecule has 0 aliphatic carbocycles. The van der Waals surface area contributed by atoms with Crippen molar-refractivity contribution in [2.75, 3.05) is 13.2 Å². The van der Waals surface area contributed by atoms with Crippen molar-refractivity contribution in [3.63, 3.8) is 0 Å². The molecule has 0 bridgehead atoms. The molecule has 2 nitrogen and oxygen atoms in total. The third-order valence-corrected chi connectivity index (χ3v) is 1.20. The fraction of sp³-hybridized carbons (Fsp3) is 0.750. The maximum atomic E-state index is 8.91. The summed E-state index contributed by atoms with van der Waals surface area (Å²) in [7, 11) is 0. The van der Waals surface area contributed by atoms with Crippen LogP contribution in [0.15, 0.2) is 12.7 Å². The third-order valence-electron chi connectivity index (χ3n) is 1.20. The predicted octanol–water partition coefficient (Wildman–Crippen LogP) is 1.35. The molecule has 1 unspecified atom stereocenters. The zero-order valence-electron chi connectivity index (χ0n) is 6.55. The van der Waals surface area contributed by atoms with E-state index in [4.69, 9.17) is 9.84 Å². The topological polar surface area (TPSA) is 29.5 Å². The minimum absolute atomic E-state index is 0.378. The Morgan fingerprint density at radius 1 is 1.70 bits per heavy atom. The largest absolute Gasteiger partial charge is 0.387 e. The van der Waals surface area contributed by atoms with Crippen LogP contribution < -0.4 is 0 Å². The Morgan fingerprint density at radius 3 is 2.90 bits per heavy atom. The van der Waals surface area contributed by atoms with E-state index in [0.717, 1.165) is 19.4 Å². The molecule has 1 atom stereocenters. The summed E-state index contributed by atoms with van der Waals surface area (Å²) in [6.07, 6.45) is 3.16. The predicted molar refractivity (Wildman–Crippen MR) is 41.9 cm³/mol. The highest BCUT2D eigenvalue weighted by Gasteiger charge is 1.95. The standard InChI is InChI=1S/C8H16O2/c1-3-5-6-10-7-8(9)4-2/h4,8-9H,2-3,5-7H2,1H3. The minimum Gasteiger partial charge on any atom is -0.387 e. The molecule has 0 aromatic rings. The van der Waals surface area contributed by atoms with Crippen LogP contribution >= 0.6 is 0 Å². The van der Waals surface area contributed by atoms with Crippen molar-refractivity contribution in [2.24, 2.45) is 0 Å². The lowest BCUT2D eigenvalue weighted by atomic mass is 10.3. The average molecular weight is 144 g/mol. The van der Waals surface area contributed by atoms with Crippen molar-refractivity contribution >= 4 is 0 Å². The SMILES string of the molecule is C=CC(O)COCCCC. The van der Waals surface area contributed by atoms with Gasteiger partial charge in [0.2, 0.25) is 0 Å². The molecule has 0 heterocycles. The van der Waals surface area contributed by atoms with Gasteiger partial charge in [0, 0.05) is 6.61 Å². The molecule has 0 aliphatic rings. The first-order valence-corrected chi connectivity index (χ1v) is 3.69. The van der Waals surface area contributed by atoms with E-state index in [1.54, 1.807) is 0 Å². The number of rotatable bonds is 6. The summed E-state index contributed by atoms with van der Waals surface area (Å²) in [4.78, 5) is 0. The Balaban J connectivity index is 2.95. The lowest BCUT2D eigenvalue weighted by Gasteiger charge is -2.04. The Kier molecular flexibility index (Phi) is 6.55. The van der Waals surface area contributed by atoms with Crippen LogP contribution in [0, 0.1) is 0 Å². The third kappa shape index (κ3) is 5.79. The second kappa shape index (κ2) is 6.78. The van der Waals surface area contributed by atoms with Crippen LogP contribution in [0.25, 0.3) is 0 Å². The van der Waals surface area contributed by atoms with Gasteiger partial charge in [0.25, 0.3) is 0 Å². The lowest BCUT2D eigenvalue weighted by molar-refractivity contribution is 0.0584. The van der Waals surface area contributed by atoms with E-state index in [1.807, 2.05) is 0 Å². The number of hydrogen-bond donors (Lipinski definition) is 1. The normalized spacial score (nSPS) is 13.0. The maximum Gasteiger partial charge on any atom is 0.0951 e. The molecule has 10 heavy (non-hydrogen) atoms. The second-order valence-corrected chi connectivity index (χ2v) is 2.23. The zero-order valence-corrected chi connectivity index (χ0v) is 6.55. The summed E-state index contributed by atoms with van der Waals surface area (Å²) >= 11 is 0. The van der Waals surface area contributed by atoms with E-state index in [1.165, 1.54) is 6.08 Å². The fourth-order valence-corrected chi connectivity index (χ4v) is 0.519. The molecule has 0 aliphatic heterocycles. The van der Waals surface area contributed by atoms with Gasteiger partial charge in [-0.25, -0.2) is 0 Å². The lowest BCUT2D eigenvalue weighted by Crippen LogP contribution is -2.12. The Bertz CT molecular complexity index is 81.3. The summed E-state index contributed by atoms with van der Waals surface area (Å²) < 4.78 is 5.11. The van der Waals surface area contributed by atoms with Crippen LogP contribution in [-0.4, -0.2) is 24.4 Å². The molecule has 0 radical (unpaired) electrons. The molecule has 2 heteroatoms. The van der Waals surface area contributed by atoms with Crippen molar-refractivity contribution < 1.29 is 9.84 Å². The van der Waals surface area contributed by atoms with E-state index >= 15 is 0 Å². The van der Waals surface area contributed by atoms with Gasteiger partial charge in [0.05, 0.1) is 12.7 Å². The number of ether oxygens (including phenoxy) is 1. The fourth-order valence-electron chi connectivity index (χ4n) is 0.519. The molecule has 0 aromatic heterocycles. The molecule has 0 fully saturated rings. The summed E-state index contributed by atoms with van der Waals surface area (Å²) in [6, 6.07) is 0. The van der Waals surface area contributed by atoms with Crippen LogP contribution in [0.5, 0.6) is 0 Å². The molecule has 0 spiro atoms. The van der Waals surface area contributed by atoms with Crippen LogP contribution in [0.3, 0.4) is 0 Å². The number of hydrogen-bond acceptors (Lipinski definition) is 2. The highest BCUT2D eigenvalue weighted by molar-refractivity contribution is 4.76. The second-order valence-electron chi connectivity index (χ2n) is 2.23. The molecular formula is C8H16O2.